The molecule has 0 aromatic heterocycles. The van der Waals surface area contributed by atoms with Crippen molar-refractivity contribution in [3.8, 4) is 0 Å². The Morgan fingerprint density at radius 2 is 1.52 bits per heavy atom. The smallest absolute Gasteiger partial charge is 0.190 e. The largest absolute Gasteiger partial charge is 0.388 e. The average Bonchev–Trinajstić information content (AvgIpc) is 3.38. The Labute approximate surface area is 240 Å². The van der Waals surface area contributed by atoms with E-state index in [1.54, 1.807) is 0 Å². The van der Waals surface area contributed by atoms with Gasteiger partial charge in [-0.2, -0.15) is 0 Å². The highest BCUT2D eigenvalue weighted by atomic mass is 16.3. The van der Waals surface area contributed by atoms with Gasteiger partial charge in [0.25, 0.3) is 0 Å². The lowest BCUT2D eigenvalue weighted by Crippen LogP contribution is -2.27. The van der Waals surface area contributed by atoms with Crippen molar-refractivity contribution in [1.82, 2.24) is 0 Å². The van der Waals surface area contributed by atoms with Gasteiger partial charge >= 0.3 is 0 Å². The molecule has 40 heavy (non-hydrogen) atoms. The Morgan fingerprint density at radius 1 is 0.825 bits per heavy atom. The maximum atomic E-state index is 13.8. The first-order valence-corrected chi connectivity index (χ1v) is 14.8. The van der Waals surface area contributed by atoms with Crippen molar-refractivity contribution in [2.45, 2.75) is 80.4 Å². The molecule has 1 saturated carbocycles. The van der Waals surface area contributed by atoms with E-state index in [4.69, 9.17) is 0 Å². The van der Waals surface area contributed by atoms with Crippen molar-refractivity contribution in [2.75, 3.05) is 0 Å². The van der Waals surface area contributed by atoms with Crippen LogP contribution in [0.2, 0.25) is 0 Å². The number of ketones is 1. The lowest BCUT2D eigenvalue weighted by Gasteiger charge is -2.24. The molecule has 0 radical (unpaired) electrons. The van der Waals surface area contributed by atoms with Crippen molar-refractivity contribution in [1.29, 1.82) is 0 Å². The average molecular weight is 537 g/mol. The highest BCUT2D eigenvalue weighted by molar-refractivity contribution is 6.04. The number of Topliss-reactive ketones (excluding diaryl/α,β-unsaturated/α-hetero) is 1. The highest BCUT2D eigenvalue weighted by Crippen LogP contribution is 2.50. The van der Waals surface area contributed by atoms with Gasteiger partial charge in [-0.1, -0.05) is 93.0 Å². The third kappa shape index (κ3) is 4.88. The van der Waals surface area contributed by atoms with E-state index < -0.39 is 18.1 Å². The lowest BCUT2D eigenvalue weighted by atomic mass is 9.83. The fourth-order valence-corrected chi connectivity index (χ4v) is 6.97. The Bertz CT molecular complexity index is 1470. The number of hydrogen-bond donors (Lipinski definition) is 2. The quantitative estimate of drug-likeness (QED) is 0.363. The minimum atomic E-state index is -1.27. The number of allylic oxidation sites excluding steroid dienone is 18. The Morgan fingerprint density at radius 3 is 2.20 bits per heavy atom. The number of aliphatic hydroxyl groups is 2. The van der Waals surface area contributed by atoms with Crippen molar-refractivity contribution in [3.63, 3.8) is 0 Å². The summed E-state index contributed by atoms with van der Waals surface area (Å²) >= 11 is 0. The topological polar surface area (TPSA) is 57.5 Å². The summed E-state index contributed by atoms with van der Waals surface area (Å²) in [5.74, 6) is -0.266. The fraction of sp³-hybridized carbons (Fsp3) is 0.432. The minimum Gasteiger partial charge on any atom is -0.388 e. The van der Waals surface area contributed by atoms with Crippen molar-refractivity contribution in [3.05, 3.63) is 115 Å². The van der Waals surface area contributed by atoms with E-state index in [1.165, 1.54) is 27.9 Å². The summed E-state index contributed by atoms with van der Waals surface area (Å²) in [5, 5.41) is 23.3. The molecule has 3 heteroatoms. The second kappa shape index (κ2) is 10.8. The molecule has 0 aliphatic heterocycles. The van der Waals surface area contributed by atoms with E-state index in [0.717, 1.165) is 39.9 Å². The van der Waals surface area contributed by atoms with Crippen LogP contribution >= 0.6 is 0 Å². The van der Waals surface area contributed by atoms with Crippen LogP contribution in [0.3, 0.4) is 0 Å². The molecule has 3 nitrogen and oxygen atoms in total. The van der Waals surface area contributed by atoms with Crippen molar-refractivity contribution >= 4 is 5.78 Å². The third-order valence-corrected chi connectivity index (χ3v) is 9.29. The van der Waals surface area contributed by atoms with E-state index >= 15 is 0 Å². The summed E-state index contributed by atoms with van der Waals surface area (Å²) in [5.41, 5.74) is 12.9. The summed E-state index contributed by atoms with van der Waals surface area (Å²) in [6, 6.07) is 0. The Hall–Kier alpha value is -3.01. The predicted octanol–water partition coefficient (Wildman–Crippen LogP) is 7.75. The zero-order valence-corrected chi connectivity index (χ0v) is 25.3. The van der Waals surface area contributed by atoms with Crippen LogP contribution in [-0.2, 0) is 4.79 Å². The number of rotatable bonds is 3. The second-order valence-corrected chi connectivity index (χ2v) is 12.9. The van der Waals surface area contributed by atoms with Crippen LogP contribution in [-0.4, -0.2) is 28.2 Å². The molecule has 0 heterocycles. The molecule has 0 aromatic rings. The molecule has 0 saturated heterocycles. The number of fused-ring (bicyclic) bond motifs is 2. The van der Waals surface area contributed by atoms with Crippen LogP contribution in [0.5, 0.6) is 0 Å². The summed E-state index contributed by atoms with van der Waals surface area (Å²) in [6.07, 6.45) is 16.7. The first-order chi connectivity index (χ1) is 18.9. The number of carbonyl (C=O) groups excluding carboxylic acids is 1. The summed E-state index contributed by atoms with van der Waals surface area (Å²) in [6.45, 7) is 17.2. The normalized spacial score (nSPS) is 34.2. The molecule has 5 rings (SSSR count). The molecule has 2 N–H and O–H groups in total. The third-order valence-electron chi connectivity index (χ3n) is 9.29. The molecule has 0 spiro atoms. The van der Waals surface area contributed by atoms with Crippen LogP contribution in [0.25, 0.3) is 0 Å². The SMILES string of the molecule is CC1=CC(C(C)C)=CCC2=C(C)C=C(C3C(O)C(=O)C(=C4CC(C)=C5\C=C(C(C)C)/C=C\C(C)=C/C54)C3O)C2=C1. The van der Waals surface area contributed by atoms with Gasteiger partial charge < -0.3 is 10.2 Å². The van der Waals surface area contributed by atoms with Crippen LogP contribution < -0.4 is 0 Å². The van der Waals surface area contributed by atoms with Gasteiger partial charge in [0, 0.05) is 17.4 Å². The van der Waals surface area contributed by atoms with E-state index in [0.29, 0.717) is 23.8 Å². The van der Waals surface area contributed by atoms with Crippen LogP contribution in [0.15, 0.2) is 115 Å². The van der Waals surface area contributed by atoms with Gasteiger partial charge in [0.15, 0.2) is 5.78 Å². The molecule has 5 aliphatic rings. The Balaban J connectivity index is 1.57. The maximum Gasteiger partial charge on any atom is 0.190 e. The van der Waals surface area contributed by atoms with E-state index in [-0.39, 0.29) is 11.7 Å². The predicted molar refractivity (Wildman–Crippen MR) is 164 cm³/mol. The zero-order chi connectivity index (χ0) is 29.0. The van der Waals surface area contributed by atoms with Crippen LogP contribution in [0.1, 0.15) is 68.2 Å². The van der Waals surface area contributed by atoms with Gasteiger partial charge in [0.2, 0.25) is 0 Å². The summed E-state index contributed by atoms with van der Waals surface area (Å²) < 4.78 is 0. The maximum absolute atomic E-state index is 13.8. The lowest BCUT2D eigenvalue weighted by molar-refractivity contribution is -0.122. The fourth-order valence-electron chi connectivity index (χ4n) is 6.97. The molecule has 4 unspecified atom stereocenters. The van der Waals surface area contributed by atoms with Gasteiger partial charge in [-0.15, -0.1) is 0 Å². The molecule has 0 bridgehead atoms. The molecule has 210 valence electrons. The minimum absolute atomic E-state index is 0.0726. The summed E-state index contributed by atoms with van der Waals surface area (Å²) in [4.78, 5) is 13.8. The monoisotopic (exact) mass is 536 g/mol. The van der Waals surface area contributed by atoms with Crippen LogP contribution in [0.4, 0.5) is 0 Å². The molecular weight excluding hydrogens is 492 g/mol. The first-order valence-electron chi connectivity index (χ1n) is 14.8. The number of aliphatic hydroxyl groups excluding tert-OH is 2. The standard InChI is InChI=1S/C37H44O3/c1-19(2)25-11-12-27-23(7)16-31(29(27)15-22(6)13-25)33-35(38)34(37(40)36(33)39)32-17-24(8)28-18-26(20(3)4)10-9-21(5)14-30(28)32/h9-11,13-16,18-20,30,33,35-36,38-39H,12,17H2,1-8H3/b10-9-,21-14-,22-13?,25-11?,26-18+,29-15?,34-32?. The van der Waals surface area contributed by atoms with Gasteiger partial charge in [-0.3, -0.25) is 4.79 Å². The summed E-state index contributed by atoms with van der Waals surface area (Å²) in [7, 11) is 0. The first kappa shape index (κ1) is 28.5. The van der Waals surface area contributed by atoms with Gasteiger partial charge in [0.05, 0.1) is 6.10 Å². The molecule has 4 atom stereocenters. The molecule has 1 fully saturated rings. The van der Waals surface area contributed by atoms with E-state index in [1.807, 2.05) is 0 Å². The zero-order valence-electron chi connectivity index (χ0n) is 25.3. The number of hydrogen-bond acceptors (Lipinski definition) is 3. The Kier molecular flexibility index (Phi) is 7.67. The van der Waals surface area contributed by atoms with Crippen molar-refractivity contribution < 1.29 is 15.0 Å². The molecule has 0 aromatic carbocycles. The highest BCUT2D eigenvalue weighted by Gasteiger charge is 2.50. The van der Waals surface area contributed by atoms with Crippen molar-refractivity contribution in [2.24, 2.45) is 23.7 Å². The van der Waals surface area contributed by atoms with E-state index in [2.05, 4.69) is 104 Å². The number of carbonyl (C=O) groups is 1. The van der Waals surface area contributed by atoms with Gasteiger partial charge in [-0.05, 0) is 97.0 Å². The van der Waals surface area contributed by atoms with Gasteiger partial charge in [0.1, 0.15) is 6.10 Å². The molecule has 5 aliphatic carbocycles. The van der Waals surface area contributed by atoms with E-state index in [9.17, 15) is 15.0 Å². The molecule has 0 amide bonds. The van der Waals surface area contributed by atoms with Gasteiger partial charge in [-0.25, -0.2) is 0 Å². The second-order valence-electron chi connectivity index (χ2n) is 12.9. The molecular formula is C37H44O3. The van der Waals surface area contributed by atoms with Crippen LogP contribution in [0, 0.1) is 23.7 Å².